The Balaban J connectivity index is 2.01. The second kappa shape index (κ2) is 1.91. The van der Waals surface area contributed by atoms with Crippen LogP contribution < -0.4 is 0 Å². The van der Waals surface area contributed by atoms with E-state index in [1.807, 2.05) is 0 Å². The van der Waals surface area contributed by atoms with Gasteiger partial charge in [-0.2, -0.15) is 0 Å². The molecule has 60 valence electrons. The number of rotatable bonds is 0. The number of fused-ring (bicyclic) bond motifs is 1. The van der Waals surface area contributed by atoms with Crippen molar-refractivity contribution in [3.63, 3.8) is 0 Å². The fourth-order valence-corrected chi connectivity index (χ4v) is 3.73. The fourth-order valence-electron chi connectivity index (χ4n) is 3.73. The highest BCUT2D eigenvalue weighted by Crippen LogP contribution is 2.55. The van der Waals surface area contributed by atoms with Crippen LogP contribution in [0.1, 0.15) is 26.2 Å². The first-order valence-corrected chi connectivity index (χ1v) is 5.04. The van der Waals surface area contributed by atoms with Crippen molar-refractivity contribution in [2.75, 3.05) is 0 Å². The lowest BCUT2D eigenvalue weighted by Crippen LogP contribution is -2.39. The summed E-state index contributed by atoms with van der Waals surface area (Å²) < 4.78 is 0. The highest BCUT2D eigenvalue weighted by atomic mass is 14.5. The molecule has 3 fully saturated rings. The molecule has 0 aromatic rings. The van der Waals surface area contributed by atoms with Gasteiger partial charge in [0, 0.05) is 0 Å². The lowest BCUT2D eigenvalue weighted by Gasteiger charge is -2.46. The molecular weight excluding hydrogens is 132 g/mol. The number of hydrogen-bond donors (Lipinski definition) is 0. The van der Waals surface area contributed by atoms with E-state index in [-0.39, 0.29) is 0 Å². The molecule has 0 heteroatoms. The molecule has 4 aliphatic carbocycles. The lowest BCUT2D eigenvalue weighted by atomic mass is 9.58. The quantitative estimate of drug-likeness (QED) is 0.463. The van der Waals surface area contributed by atoms with Gasteiger partial charge in [-0.1, -0.05) is 19.1 Å². The molecule has 0 N–H and O–H groups in total. The van der Waals surface area contributed by atoms with E-state index >= 15 is 0 Å². The maximum Gasteiger partial charge on any atom is -0.0171 e. The van der Waals surface area contributed by atoms with Gasteiger partial charge in [0.05, 0.1) is 0 Å². The van der Waals surface area contributed by atoms with Gasteiger partial charge in [-0.05, 0) is 48.9 Å². The third-order valence-electron chi connectivity index (χ3n) is 4.42. The Labute approximate surface area is 68.7 Å². The minimum Gasteiger partial charge on any atom is -0.0848 e. The molecule has 0 heterocycles. The molecule has 5 unspecified atom stereocenters. The third kappa shape index (κ3) is 0.660. The van der Waals surface area contributed by atoms with E-state index < -0.39 is 0 Å². The second-order valence-electron chi connectivity index (χ2n) is 4.72. The molecule has 4 aliphatic rings. The molecule has 0 nitrogen and oxygen atoms in total. The largest absolute Gasteiger partial charge is 0.0848 e. The lowest BCUT2D eigenvalue weighted by molar-refractivity contribution is 0.0428. The van der Waals surface area contributed by atoms with Gasteiger partial charge >= 0.3 is 0 Å². The molecule has 0 amide bonds. The molecule has 4 bridgehead atoms. The zero-order valence-electron chi connectivity index (χ0n) is 7.16. The second-order valence-corrected chi connectivity index (χ2v) is 4.72. The summed E-state index contributed by atoms with van der Waals surface area (Å²) in [5.41, 5.74) is 0. The predicted octanol–water partition coefficient (Wildman–Crippen LogP) is 2.85. The van der Waals surface area contributed by atoms with Crippen molar-refractivity contribution in [1.82, 2.24) is 0 Å². The van der Waals surface area contributed by atoms with Crippen LogP contribution in [0.4, 0.5) is 0 Å². The van der Waals surface area contributed by atoms with E-state index in [0.717, 1.165) is 29.6 Å². The van der Waals surface area contributed by atoms with E-state index in [0.29, 0.717) is 0 Å². The summed E-state index contributed by atoms with van der Waals surface area (Å²) in [5.74, 6) is 5.12. The summed E-state index contributed by atoms with van der Waals surface area (Å²) in [4.78, 5) is 0. The van der Waals surface area contributed by atoms with Crippen LogP contribution in [-0.4, -0.2) is 0 Å². The summed E-state index contributed by atoms with van der Waals surface area (Å²) in [6.45, 7) is 2.47. The molecule has 3 saturated carbocycles. The Kier molecular flexibility index (Phi) is 1.09. The topological polar surface area (TPSA) is 0 Å². The van der Waals surface area contributed by atoms with Crippen molar-refractivity contribution in [2.45, 2.75) is 26.2 Å². The Morgan fingerprint density at radius 3 is 2.91 bits per heavy atom. The first-order chi connectivity index (χ1) is 5.36. The molecule has 0 saturated heterocycles. The average Bonchev–Trinajstić information content (AvgIpc) is 2.39. The van der Waals surface area contributed by atoms with Gasteiger partial charge in [-0.15, -0.1) is 0 Å². The summed E-state index contributed by atoms with van der Waals surface area (Å²) >= 11 is 0. The highest BCUT2D eigenvalue weighted by molar-refractivity contribution is 5.14. The van der Waals surface area contributed by atoms with Crippen molar-refractivity contribution >= 4 is 0 Å². The molecule has 0 aliphatic heterocycles. The minimum absolute atomic E-state index is 0.979. The molecule has 0 aromatic carbocycles. The molecule has 11 heavy (non-hydrogen) atoms. The summed E-state index contributed by atoms with van der Waals surface area (Å²) in [7, 11) is 0. The van der Waals surface area contributed by atoms with Crippen LogP contribution in [0.5, 0.6) is 0 Å². The SMILES string of the molecule is CC1C2CCC3C(C=CC13)C2. The molecule has 5 atom stereocenters. The van der Waals surface area contributed by atoms with Crippen molar-refractivity contribution in [3.8, 4) is 0 Å². The van der Waals surface area contributed by atoms with Gasteiger partial charge in [0.25, 0.3) is 0 Å². The van der Waals surface area contributed by atoms with Gasteiger partial charge in [0.2, 0.25) is 0 Å². The zero-order chi connectivity index (χ0) is 7.42. The number of hydrogen-bond acceptors (Lipinski definition) is 0. The zero-order valence-corrected chi connectivity index (χ0v) is 7.16. The van der Waals surface area contributed by atoms with Crippen molar-refractivity contribution in [2.24, 2.45) is 29.6 Å². The van der Waals surface area contributed by atoms with E-state index in [4.69, 9.17) is 0 Å². The summed E-state index contributed by atoms with van der Waals surface area (Å²) in [6.07, 6.45) is 9.58. The van der Waals surface area contributed by atoms with E-state index in [1.54, 1.807) is 0 Å². The van der Waals surface area contributed by atoms with Crippen LogP contribution in [0.2, 0.25) is 0 Å². The third-order valence-corrected chi connectivity index (χ3v) is 4.42. The van der Waals surface area contributed by atoms with Crippen LogP contribution in [-0.2, 0) is 0 Å². The smallest absolute Gasteiger partial charge is 0.0171 e. The monoisotopic (exact) mass is 148 g/mol. The average molecular weight is 148 g/mol. The minimum atomic E-state index is 0.979. The van der Waals surface area contributed by atoms with Crippen molar-refractivity contribution in [3.05, 3.63) is 12.2 Å². The Morgan fingerprint density at radius 2 is 2.09 bits per heavy atom. The fraction of sp³-hybridized carbons (Fsp3) is 0.818. The van der Waals surface area contributed by atoms with Gasteiger partial charge in [0.15, 0.2) is 0 Å². The molecule has 0 radical (unpaired) electrons. The van der Waals surface area contributed by atoms with Gasteiger partial charge in [0.1, 0.15) is 0 Å². The van der Waals surface area contributed by atoms with Gasteiger partial charge in [-0.3, -0.25) is 0 Å². The van der Waals surface area contributed by atoms with Crippen LogP contribution in [0, 0.1) is 29.6 Å². The van der Waals surface area contributed by atoms with Crippen molar-refractivity contribution < 1.29 is 0 Å². The Morgan fingerprint density at radius 1 is 1.18 bits per heavy atom. The number of allylic oxidation sites excluding steroid dienone is 2. The maximum atomic E-state index is 2.51. The van der Waals surface area contributed by atoms with E-state index in [1.165, 1.54) is 19.3 Å². The van der Waals surface area contributed by atoms with Crippen LogP contribution >= 0.6 is 0 Å². The first-order valence-electron chi connectivity index (χ1n) is 5.04. The van der Waals surface area contributed by atoms with Gasteiger partial charge < -0.3 is 0 Å². The van der Waals surface area contributed by atoms with Gasteiger partial charge in [-0.25, -0.2) is 0 Å². The van der Waals surface area contributed by atoms with Crippen LogP contribution in [0.25, 0.3) is 0 Å². The van der Waals surface area contributed by atoms with Crippen molar-refractivity contribution in [1.29, 1.82) is 0 Å². The van der Waals surface area contributed by atoms with E-state index in [2.05, 4.69) is 19.1 Å². The molecular formula is C11H16. The molecule has 0 aromatic heterocycles. The molecule has 0 spiro atoms. The normalized spacial score (nSPS) is 58.8. The summed E-state index contributed by atoms with van der Waals surface area (Å²) in [6, 6.07) is 0. The standard InChI is InChI=1S/C11H16/c1-7-8-2-5-11-9(6-8)3-4-10(7)11/h3-4,7-11H,2,5-6H2,1H3. The summed E-state index contributed by atoms with van der Waals surface area (Å²) in [5, 5.41) is 0. The molecule has 4 rings (SSSR count). The van der Waals surface area contributed by atoms with Crippen LogP contribution in [0.15, 0.2) is 12.2 Å². The Bertz CT molecular complexity index is 204. The highest BCUT2D eigenvalue weighted by Gasteiger charge is 2.47. The predicted molar refractivity (Wildman–Crippen MR) is 46.1 cm³/mol. The first kappa shape index (κ1) is 6.28. The van der Waals surface area contributed by atoms with Crippen LogP contribution in [0.3, 0.4) is 0 Å². The van der Waals surface area contributed by atoms with E-state index in [9.17, 15) is 0 Å². The Hall–Kier alpha value is -0.260. The maximum absolute atomic E-state index is 2.51.